The molecule has 1 aromatic heterocycles. The Morgan fingerprint density at radius 1 is 1.26 bits per heavy atom. The number of nitrogen functional groups attached to an aromatic ring is 1. The molecule has 0 spiro atoms. The molecule has 104 valence electrons. The smallest absolute Gasteiger partial charge is 0.201 e. The number of aromatic nitrogens is 2. The minimum atomic E-state index is 0.314. The van der Waals surface area contributed by atoms with Gasteiger partial charge in [0.15, 0.2) is 0 Å². The Labute approximate surface area is 123 Å². The van der Waals surface area contributed by atoms with E-state index in [0.29, 0.717) is 22.0 Å². The molecule has 1 heterocycles. The number of nitrogens with two attached hydrogens (primary N) is 1. The number of nitrogens with zero attached hydrogens (tertiary/aromatic N) is 2. The molecular weight excluding hydrogens is 281 g/mol. The minimum Gasteiger partial charge on any atom is -0.369 e. The molecule has 1 aromatic carbocycles. The van der Waals surface area contributed by atoms with Crippen molar-refractivity contribution >= 4 is 40.2 Å². The molecule has 19 heavy (non-hydrogen) atoms. The van der Waals surface area contributed by atoms with E-state index in [2.05, 4.69) is 18.8 Å². The van der Waals surface area contributed by atoms with Crippen molar-refractivity contribution in [3.05, 3.63) is 22.2 Å². The van der Waals surface area contributed by atoms with Crippen LogP contribution in [0.25, 0.3) is 11.0 Å². The van der Waals surface area contributed by atoms with E-state index in [1.54, 1.807) is 6.07 Å². The Hall–Kier alpha value is -0.930. The van der Waals surface area contributed by atoms with Gasteiger partial charge in [0.1, 0.15) is 0 Å². The Morgan fingerprint density at radius 2 is 1.95 bits per heavy atom. The van der Waals surface area contributed by atoms with Crippen LogP contribution in [0.2, 0.25) is 10.0 Å². The van der Waals surface area contributed by atoms with Gasteiger partial charge >= 0.3 is 0 Å². The van der Waals surface area contributed by atoms with Gasteiger partial charge in [-0.1, -0.05) is 49.4 Å². The number of hydrogen-bond acceptors (Lipinski definition) is 2. The Morgan fingerprint density at radius 3 is 2.63 bits per heavy atom. The maximum Gasteiger partial charge on any atom is 0.201 e. The van der Waals surface area contributed by atoms with Crippen LogP contribution < -0.4 is 5.73 Å². The van der Waals surface area contributed by atoms with Gasteiger partial charge in [-0.25, -0.2) is 4.98 Å². The number of halogens is 2. The third-order valence-electron chi connectivity index (χ3n) is 3.43. The van der Waals surface area contributed by atoms with Gasteiger partial charge in [-0.3, -0.25) is 0 Å². The number of fused-ring (bicyclic) bond motifs is 1. The number of unbranched alkanes of at least 4 members (excludes halogenated alkanes) is 2. The zero-order chi connectivity index (χ0) is 14.0. The van der Waals surface area contributed by atoms with Gasteiger partial charge in [-0.15, -0.1) is 0 Å². The quantitative estimate of drug-likeness (QED) is 0.784. The molecule has 0 amide bonds. The van der Waals surface area contributed by atoms with Crippen LogP contribution in [-0.2, 0) is 0 Å². The van der Waals surface area contributed by atoms with Crippen molar-refractivity contribution in [2.75, 3.05) is 5.73 Å². The van der Waals surface area contributed by atoms with Gasteiger partial charge in [-0.05, 0) is 25.5 Å². The lowest BCUT2D eigenvalue weighted by molar-refractivity contribution is 0.492. The summed E-state index contributed by atoms with van der Waals surface area (Å²) in [6.07, 6.45) is 4.74. The average molecular weight is 300 g/mol. The van der Waals surface area contributed by atoms with Crippen molar-refractivity contribution in [3.8, 4) is 0 Å². The Balaban J connectivity index is 2.36. The van der Waals surface area contributed by atoms with Gasteiger partial charge < -0.3 is 10.3 Å². The van der Waals surface area contributed by atoms with E-state index < -0.39 is 0 Å². The molecule has 5 heteroatoms. The van der Waals surface area contributed by atoms with Gasteiger partial charge in [-0.2, -0.15) is 0 Å². The third-order valence-corrected chi connectivity index (χ3v) is 4.15. The van der Waals surface area contributed by atoms with Gasteiger partial charge in [0.25, 0.3) is 0 Å². The summed E-state index contributed by atoms with van der Waals surface area (Å²) in [5.41, 5.74) is 7.78. The van der Waals surface area contributed by atoms with E-state index >= 15 is 0 Å². The summed E-state index contributed by atoms with van der Waals surface area (Å²) < 4.78 is 2.05. The van der Waals surface area contributed by atoms with Crippen LogP contribution in [0, 0.1) is 0 Å². The molecule has 0 aliphatic rings. The lowest BCUT2D eigenvalue weighted by Crippen LogP contribution is -2.08. The fraction of sp³-hybridized carbons (Fsp3) is 0.500. The number of imidazole rings is 1. The van der Waals surface area contributed by atoms with E-state index in [1.165, 1.54) is 19.3 Å². The van der Waals surface area contributed by atoms with E-state index in [4.69, 9.17) is 28.9 Å². The maximum absolute atomic E-state index is 6.09. The zero-order valence-electron chi connectivity index (χ0n) is 11.3. The van der Waals surface area contributed by atoms with Crippen molar-refractivity contribution in [2.24, 2.45) is 0 Å². The molecule has 0 saturated carbocycles. The molecule has 2 rings (SSSR count). The summed E-state index contributed by atoms with van der Waals surface area (Å²) in [6.45, 7) is 4.36. The van der Waals surface area contributed by atoms with E-state index in [-0.39, 0.29) is 0 Å². The fourth-order valence-corrected chi connectivity index (χ4v) is 2.71. The second kappa shape index (κ2) is 6.02. The summed E-state index contributed by atoms with van der Waals surface area (Å²) in [5.74, 6) is 0.525. The molecule has 0 fully saturated rings. The first kappa shape index (κ1) is 14.5. The highest BCUT2D eigenvalue weighted by Gasteiger charge is 2.15. The standard InChI is InChI=1S/C14H19Cl2N3/c1-3-4-5-6-9(2)19-13-8-11(16)10(15)7-12(13)18-14(19)17/h7-9H,3-6H2,1-2H3,(H2,17,18). The Bertz CT molecular complexity index is 578. The van der Waals surface area contributed by atoms with E-state index in [1.807, 2.05) is 10.6 Å². The van der Waals surface area contributed by atoms with Crippen LogP contribution in [-0.4, -0.2) is 9.55 Å². The predicted octanol–water partition coefficient (Wildman–Crippen LogP) is 5.07. The summed E-state index contributed by atoms with van der Waals surface area (Å²) in [4.78, 5) is 4.36. The van der Waals surface area contributed by atoms with Gasteiger partial charge in [0, 0.05) is 6.04 Å². The Kier molecular flexibility index (Phi) is 4.58. The summed E-state index contributed by atoms with van der Waals surface area (Å²) >= 11 is 12.1. The molecule has 1 atom stereocenters. The maximum atomic E-state index is 6.09. The number of rotatable bonds is 5. The normalized spacial score (nSPS) is 13.1. The largest absolute Gasteiger partial charge is 0.369 e. The first-order chi connectivity index (χ1) is 9.04. The van der Waals surface area contributed by atoms with Crippen LogP contribution in [0.15, 0.2) is 12.1 Å². The minimum absolute atomic E-state index is 0.314. The fourth-order valence-electron chi connectivity index (χ4n) is 2.39. The van der Waals surface area contributed by atoms with Crippen LogP contribution in [0.5, 0.6) is 0 Å². The average Bonchev–Trinajstić information content (AvgIpc) is 2.65. The first-order valence-electron chi connectivity index (χ1n) is 6.67. The zero-order valence-corrected chi connectivity index (χ0v) is 12.8. The van der Waals surface area contributed by atoms with Crippen molar-refractivity contribution in [1.82, 2.24) is 9.55 Å². The molecule has 2 aromatic rings. The highest BCUT2D eigenvalue weighted by Crippen LogP contribution is 2.32. The van der Waals surface area contributed by atoms with Crippen molar-refractivity contribution in [3.63, 3.8) is 0 Å². The van der Waals surface area contributed by atoms with Gasteiger partial charge in [0.05, 0.1) is 21.1 Å². The molecule has 0 saturated heterocycles. The van der Waals surface area contributed by atoms with Crippen LogP contribution in [0.1, 0.15) is 45.6 Å². The molecular formula is C14H19Cl2N3. The SMILES string of the molecule is CCCCCC(C)n1c(N)nc2cc(Cl)c(Cl)cc21. The second-order valence-corrected chi connectivity index (χ2v) is 5.75. The van der Waals surface area contributed by atoms with Crippen LogP contribution >= 0.6 is 23.2 Å². The molecule has 0 aliphatic heterocycles. The topological polar surface area (TPSA) is 43.8 Å². The third kappa shape index (κ3) is 2.98. The highest BCUT2D eigenvalue weighted by molar-refractivity contribution is 6.42. The van der Waals surface area contributed by atoms with Crippen LogP contribution in [0.4, 0.5) is 5.95 Å². The number of benzene rings is 1. The number of hydrogen-bond donors (Lipinski definition) is 1. The lowest BCUT2D eigenvalue weighted by Gasteiger charge is -2.16. The summed E-state index contributed by atoms with van der Waals surface area (Å²) in [6, 6.07) is 3.93. The highest BCUT2D eigenvalue weighted by atomic mass is 35.5. The predicted molar refractivity (Wildman–Crippen MR) is 83.0 cm³/mol. The molecule has 0 radical (unpaired) electrons. The van der Waals surface area contributed by atoms with Crippen molar-refractivity contribution in [1.29, 1.82) is 0 Å². The summed E-state index contributed by atoms with van der Waals surface area (Å²) in [7, 11) is 0. The molecule has 2 N–H and O–H groups in total. The van der Waals surface area contributed by atoms with E-state index in [0.717, 1.165) is 17.5 Å². The van der Waals surface area contributed by atoms with Crippen molar-refractivity contribution in [2.45, 2.75) is 45.6 Å². The summed E-state index contributed by atoms with van der Waals surface area (Å²) in [5, 5.41) is 1.05. The number of anilines is 1. The molecule has 0 aliphatic carbocycles. The van der Waals surface area contributed by atoms with Crippen molar-refractivity contribution < 1.29 is 0 Å². The molecule has 3 nitrogen and oxygen atoms in total. The van der Waals surface area contributed by atoms with Crippen LogP contribution in [0.3, 0.4) is 0 Å². The monoisotopic (exact) mass is 299 g/mol. The molecule has 1 unspecified atom stereocenters. The molecule has 0 bridgehead atoms. The second-order valence-electron chi connectivity index (χ2n) is 4.94. The van der Waals surface area contributed by atoms with E-state index in [9.17, 15) is 0 Å². The lowest BCUT2D eigenvalue weighted by atomic mass is 10.1. The first-order valence-corrected chi connectivity index (χ1v) is 7.42. The van der Waals surface area contributed by atoms with Gasteiger partial charge in [0.2, 0.25) is 5.95 Å².